The molecule has 1 heterocycles. The van der Waals surface area contributed by atoms with E-state index in [1.165, 1.54) is 0 Å². The smallest absolute Gasteiger partial charge is 0.161 e. The number of nitrogens with one attached hydrogen (secondary N) is 1. The van der Waals surface area contributed by atoms with Crippen molar-refractivity contribution in [3.8, 4) is 11.5 Å². The van der Waals surface area contributed by atoms with Gasteiger partial charge in [-0.25, -0.2) is 0 Å². The monoisotopic (exact) mass is 328 g/mol. The van der Waals surface area contributed by atoms with Gasteiger partial charge in [-0.05, 0) is 31.5 Å². The minimum absolute atomic E-state index is 0.0834. The first-order valence-electron chi connectivity index (χ1n) is 7.76. The predicted molar refractivity (Wildman–Crippen MR) is 95.2 cm³/mol. The Bertz CT molecular complexity index is 689. The first-order valence-corrected chi connectivity index (χ1v) is 8.64. The van der Waals surface area contributed by atoms with Crippen LogP contribution in [0.25, 0.3) is 0 Å². The molecule has 0 spiro atoms. The zero-order chi connectivity index (χ0) is 16.1. The Balaban J connectivity index is 1.77. The number of hydrazone groups is 1. The highest BCUT2D eigenvalue weighted by Crippen LogP contribution is 2.38. The Morgan fingerprint density at radius 2 is 1.74 bits per heavy atom. The zero-order valence-electron chi connectivity index (χ0n) is 13.3. The molecule has 0 amide bonds. The van der Waals surface area contributed by atoms with E-state index in [-0.39, 0.29) is 5.37 Å². The highest BCUT2D eigenvalue weighted by atomic mass is 32.2. The minimum Gasteiger partial charge on any atom is -0.490 e. The summed E-state index contributed by atoms with van der Waals surface area (Å²) in [6, 6.07) is 16.2. The van der Waals surface area contributed by atoms with Gasteiger partial charge in [0, 0.05) is 5.56 Å². The van der Waals surface area contributed by atoms with Gasteiger partial charge >= 0.3 is 0 Å². The maximum Gasteiger partial charge on any atom is 0.161 e. The first-order chi connectivity index (χ1) is 11.3. The first kappa shape index (κ1) is 15.7. The molecule has 0 radical (unpaired) electrons. The van der Waals surface area contributed by atoms with Crippen LogP contribution >= 0.6 is 11.8 Å². The molecule has 0 aromatic heterocycles. The molecule has 1 aliphatic heterocycles. The van der Waals surface area contributed by atoms with E-state index in [9.17, 15) is 0 Å². The third-order valence-electron chi connectivity index (χ3n) is 3.40. The Morgan fingerprint density at radius 1 is 1.00 bits per heavy atom. The van der Waals surface area contributed by atoms with Crippen LogP contribution in [-0.4, -0.2) is 18.3 Å². The van der Waals surface area contributed by atoms with Gasteiger partial charge < -0.3 is 9.47 Å². The van der Waals surface area contributed by atoms with E-state index in [0.29, 0.717) is 13.2 Å². The van der Waals surface area contributed by atoms with E-state index in [1.807, 2.05) is 44.2 Å². The van der Waals surface area contributed by atoms with Crippen LogP contribution in [0.1, 0.15) is 30.3 Å². The summed E-state index contributed by atoms with van der Waals surface area (Å²) >= 11 is 1.71. The molecule has 0 fully saturated rings. The van der Waals surface area contributed by atoms with Crippen LogP contribution in [0.5, 0.6) is 11.5 Å². The molecule has 4 nitrogen and oxygen atoms in total. The Morgan fingerprint density at radius 3 is 2.48 bits per heavy atom. The van der Waals surface area contributed by atoms with Crippen molar-refractivity contribution in [3.63, 3.8) is 0 Å². The summed E-state index contributed by atoms with van der Waals surface area (Å²) < 4.78 is 11.3. The fourth-order valence-corrected chi connectivity index (χ4v) is 3.36. The van der Waals surface area contributed by atoms with Crippen molar-refractivity contribution in [2.24, 2.45) is 5.10 Å². The number of nitrogens with zero attached hydrogens (tertiary/aromatic N) is 1. The largest absolute Gasteiger partial charge is 0.490 e. The van der Waals surface area contributed by atoms with Crippen LogP contribution in [0.3, 0.4) is 0 Å². The van der Waals surface area contributed by atoms with Gasteiger partial charge in [-0.3, -0.25) is 5.43 Å². The molecule has 2 aromatic rings. The van der Waals surface area contributed by atoms with Gasteiger partial charge in [0.05, 0.1) is 13.2 Å². The third-order valence-corrected chi connectivity index (χ3v) is 4.57. The molecule has 1 N–H and O–H groups in total. The molecule has 1 atom stereocenters. The maximum atomic E-state index is 5.70. The van der Waals surface area contributed by atoms with Crippen LogP contribution in [-0.2, 0) is 0 Å². The fraction of sp³-hybridized carbons (Fsp3) is 0.278. The highest BCUT2D eigenvalue weighted by Gasteiger charge is 2.23. The lowest BCUT2D eigenvalue weighted by Gasteiger charge is -2.15. The molecule has 1 aliphatic rings. The van der Waals surface area contributed by atoms with Gasteiger partial charge in [0.2, 0.25) is 0 Å². The Labute approximate surface area is 140 Å². The summed E-state index contributed by atoms with van der Waals surface area (Å²) in [6.07, 6.45) is 0. The lowest BCUT2D eigenvalue weighted by Crippen LogP contribution is -2.07. The number of hydrogen-bond donors (Lipinski definition) is 1. The van der Waals surface area contributed by atoms with E-state index in [1.54, 1.807) is 11.8 Å². The second-order valence-electron chi connectivity index (χ2n) is 4.98. The average molecular weight is 328 g/mol. The van der Waals surface area contributed by atoms with Gasteiger partial charge in [0.1, 0.15) is 10.4 Å². The van der Waals surface area contributed by atoms with Crippen molar-refractivity contribution >= 4 is 16.8 Å². The summed E-state index contributed by atoms with van der Waals surface area (Å²) in [5.41, 5.74) is 5.45. The molecule has 0 unspecified atom stereocenters. The summed E-state index contributed by atoms with van der Waals surface area (Å²) in [6.45, 7) is 5.18. The van der Waals surface area contributed by atoms with Crippen molar-refractivity contribution in [2.75, 3.05) is 13.2 Å². The molecule has 0 saturated carbocycles. The molecule has 3 rings (SSSR count). The summed E-state index contributed by atoms with van der Waals surface area (Å²) in [5, 5.41) is 5.54. The van der Waals surface area contributed by atoms with Gasteiger partial charge in [0.15, 0.2) is 11.5 Å². The van der Waals surface area contributed by atoms with E-state index in [4.69, 9.17) is 9.47 Å². The minimum atomic E-state index is 0.0834. The van der Waals surface area contributed by atoms with Crippen molar-refractivity contribution < 1.29 is 9.47 Å². The maximum absolute atomic E-state index is 5.70. The Hall–Kier alpha value is -2.14. The van der Waals surface area contributed by atoms with Crippen molar-refractivity contribution in [3.05, 3.63) is 59.7 Å². The van der Waals surface area contributed by atoms with Gasteiger partial charge in [0.25, 0.3) is 0 Å². The van der Waals surface area contributed by atoms with E-state index in [2.05, 4.69) is 28.7 Å². The molecule has 120 valence electrons. The highest BCUT2D eigenvalue weighted by molar-refractivity contribution is 8.14. The summed E-state index contributed by atoms with van der Waals surface area (Å²) in [4.78, 5) is 0. The van der Waals surface area contributed by atoms with E-state index in [0.717, 1.165) is 27.7 Å². The second kappa shape index (κ2) is 7.42. The molecule has 2 aromatic carbocycles. The number of rotatable bonds is 6. The summed E-state index contributed by atoms with van der Waals surface area (Å²) in [5.74, 6) is 1.56. The number of thioether (sulfide) groups is 1. The number of ether oxygens (including phenoxy) is 2. The predicted octanol–water partition coefficient (Wildman–Crippen LogP) is 4.18. The molecule has 0 aliphatic carbocycles. The second-order valence-corrected chi connectivity index (χ2v) is 6.08. The van der Waals surface area contributed by atoms with E-state index < -0.39 is 0 Å². The van der Waals surface area contributed by atoms with Crippen LogP contribution in [0.2, 0.25) is 0 Å². The SMILES string of the molecule is CCOc1ccc([C@@H]2NN=C(c3ccccc3)S2)cc1OCC. The lowest BCUT2D eigenvalue weighted by molar-refractivity contribution is 0.287. The number of hydrogen-bond acceptors (Lipinski definition) is 5. The standard InChI is InChI=1S/C18H20N2O2S/c1-3-21-15-11-10-14(12-16(15)22-4-2)18-20-19-17(23-18)13-8-6-5-7-9-13/h5-12,18,20H,3-4H2,1-2H3/t18-/m1/s1. The molecule has 0 saturated heterocycles. The normalized spacial score (nSPS) is 16.6. The molecule has 5 heteroatoms. The average Bonchev–Trinajstić information content (AvgIpc) is 3.08. The van der Waals surface area contributed by atoms with Crippen LogP contribution in [0.4, 0.5) is 0 Å². The quantitative estimate of drug-likeness (QED) is 0.864. The topological polar surface area (TPSA) is 42.8 Å². The van der Waals surface area contributed by atoms with E-state index >= 15 is 0 Å². The van der Waals surface area contributed by atoms with Crippen molar-refractivity contribution in [2.45, 2.75) is 19.2 Å². The van der Waals surface area contributed by atoms with Gasteiger partial charge in [-0.2, -0.15) is 5.10 Å². The van der Waals surface area contributed by atoms with Crippen LogP contribution < -0.4 is 14.9 Å². The van der Waals surface area contributed by atoms with Gasteiger partial charge in [-0.15, -0.1) is 0 Å². The molecule has 23 heavy (non-hydrogen) atoms. The number of benzene rings is 2. The zero-order valence-corrected chi connectivity index (χ0v) is 14.1. The Kier molecular flexibility index (Phi) is 5.08. The van der Waals surface area contributed by atoms with Crippen LogP contribution in [0, 0.1) is 0 Å². The third kappa shape index (κ3) is 3.62. The van der Waals surface area contributed by atoms with Gasteiger partial charge in [-0.1, -0.05) is 48.2 Å². The van der Waals surface area contributed by atoms with Crippen molar-refractivity contribution in [1.29, 1.82) is 0 Å². The van der Waals surface area contributed by atoms with Crippen LogP contribution in [0.15, 0.2) is 53.6 Å². The molecule has 0 bridgehead atoms. The molecular formula is C18H20N2O2S. The fourth-order valence-electron chi connectivity index (χ4n) is 2.37. The van der Waals surface area contributed by atoms with Crippen molar-refractivity contribution in [1.82, 2.24) is 5.43 Å². The summed E-state index contributed by atoms with van der Waals surface area (Å²) in [7, 11) is 0. The molecular weight excluding hydrogens is 308 g/mol. The lowest BCUT2D eigenvalue weighted by atomic mass is 10.2.